The lowest BCUT2D eigenvalue weighted by Gasteiger charge is -2.17. The Bertz CT molecular complexity index is 655. The molecule has 2 aromatic carbocycles. The fourth-order valence-corrected chi connectivity index (χ4v) is 2.72. The van der Waals surface area contributed by atoms with Crippen molar-refractivity contribution in [2.75, 3.05) is 0 Å². The molecule has 2 unspecified atom stereocenters. The molecule has 0 bridgehead atoms. The Balaban J connectivity index is 1.87. The molecule has 4 nitrogen and oxygen atoms in total. The summed E-state index contributed by atoms with van der Waals surface area (Å²) < 4.78 is 0. The zero-order valence-corrected chi connectivity index (χ0v) is 13.8. The standard InChI is InChI=1S/C20H23NO3/c1-15(12-16-8-4-2-5-9-16)21-19(22)14-18(20(23)24)13-17-10-6-3-7-11-17/h2-11,15,18H,12-14H2,1H3,(H,21,22)(H,23,24). The second-order valence-corrected chi connectivity index (χ2v) is 6.09. The lowest BCUT2D eigenvalue weighted by molar-refractivity contribution is -0.144. The second kappa shape index (κ2) is 8.87. The molecule has 2 N–H and O–H groups in total. The maximum atomic E-state index is 12.2. The molecule has 0 aliphatic carbocycles. The third-order valence-corrected chi connectivity index (χ3v) is 3.90. The lowest BCUT2D eigenvalue weighted by atomic mass is 9.95. The van der Waals surface area contributed by atoms with Crippen molar-refractivity contribution in [3.63, 3.8) is 0 Å². The van der Waals surface area contributed by atoms with E-state index in [0.29, 0.717) is 6.42 Å². The van der Waals surface area contributed by atoms with Crippen molar-refractivity contribution in [2.24, 2.45) is 5.92 Å². The zero-order chi connectivity index (χ0) is 17.4. The first-order chi connectivity index (χ1) is 11.5. The molecule has 0 aliphatic heterocycles. The number of rotatable bonds is 8. The van der Waals surface area contributed by atoms with E-state index in [1.54, 1.807) is 0 Å². The third kappa shape index (κ3) is 5.88. The maximum absolute atomic E-state index is 12.2. The maximum Gasteiger partial charge on any atom is 0.307 e. The van der Waals surface area contributed by atoms with Crippen LogP contribution in [0.1, 0.15) is 24.5 Å². The van der Waals surface area contributed by atoms with Crippen LogP contribution in [-0.2, 0) is 22.4 Å². The minimum atomic E-state index is -0.940. The first kappa shape index (κ1) is 17.7. The van der Waals surface area contributed by atoms with Crippen LogP contribution in [0.3, 0.4) is 0 Å². The molecule has 0 aromatic heterocycles. The van der Waals surface area contributed by atoms with Gasteiger partial charge in [0, 0.05) is 12.5 Å². The van der Waals surface area contributed by atoms with Crippen molar-refractivity contribution < 1.29 is 14.7 Å². The van der Waals surface area contributed by atoms with Crippen LogP contribution in [0.5, 0.6) is 0 Å². The number of benzene rings is 2. The average Bonchev–Trinajstić information content (AvgIpc) is 2.55. The van der Waals surface area contributed by atoms with E-state index in [4.69, 9.17) is 0 Å². The van der Waals surface area contributed by atoms with Crippen LogP contribution >= 0.6 is 0 Å². The molecule has 2 atom stereocenters. The number of carbonyl (C=O) groups is 2. The molecule has 4 heteroatoms. The largest absolute Gasteiger partial charge is 0.481 e. The minimum absolute atomic E-state index is 0.0106. The van der Waals surface area contributed by atoms with Crippen LogP contribution in [0.15, 0.2) is 60.7 Å². The van der Waals surface area contributed by atoms with Crippen LogP contribution in [0, 0.1) is 5.92 Å². The third-order valence-electron chi connectivity index (χ3n) is 3.90. The Morgan fingerprint density at radius 1 is 0.917 bits per heavy atom. The predicted molar refractivity (Wildman–Crippen MR) is 93.6 cm³/mol. The first-order valence-corrected chi connectivity index (χ1v) is 8.14. The summed E-state index contributed by atoms with van der Waals surface area (Å²) in [5.41, 5.74) is 2.07. The summed E-state index contributed by atoms with van der Waals surface area (Å²) >= 11 is 0. The molecule has 2 rings (SSSR count). The van der Waals surface area contributed by atoms with Crippen molar-refractivity contribution in [2.45, 2.75) is 32.2 Å². The number of aliphatic carboxylic acids is 1. The van der Waals surface area contributed by atoms with Crippen LogP contribution in [0.4, 0.5) is 0 Å². The molecule has 126 valence electrons. The summed E-state index contributed by atoms with van der Waals surface area (Å²) in [5.74, 6) is -1.87. The van der Waals surface area contributed by atoms with Gasteiger partial charge < -0.3 is 10.4 Å². The van der Waals surface area contributed by atoms with E-state index in [1.165, 1.54) is 0 Å². The van der Waals surface area contributed by atoms with E-state index < -0.39 is 11.9 Å². The second-order valence-electron chi connectivity index (χ2n) is 6.09. The van der Waals surface area contributed by atoms with E-state index in [2.05, 4.69) is 5.32 Å². The van der Waals surface area contributed by atoms with Gasteiger partial charge in [-0.05, 0) is 30.9 Å². The van der Waals surface area contributed by atoms with Crippen LogP contribution in [-0.4, -0.2) is 23.0 Å². The minimum Gasteiger partial charge on any atom is -0.481 e. The molecular weight excluding hydrogens is 302 g/mol. The first-order valence-electron chi connectivity index (χ1n) is 8.14. The van der Waals surface area contributed by atoms with E-state index >= 15 is 0 Å². The van der Waals surface area contributed by atoms with Gasteiger partial charge in [0.2, 0.25) is 5.91 Å². The summed E-state index contributed by atoms with van der Waals surface area (Å²) in [6, 6.07) is 19.3. The highest BCUT2D eigenvalue weighted by Gasteiger charge is 2.22. The molecule has 0 aliphatic rings. The summed E-state index contributed by atoms with van der Waals surface area (Å²) in [6.45, 7) is 1.93. The lowest BCUT2D eigenvalue weighted by Crippen LogP contribution is -2.36. The highest BCUT2D eigenvalue weighted by Crippen LogP contribution is 2.13. The number of amides is 1. The summed E-state index contributed by atoms with van der Waals surface area (Å²) in [4.78, 5) is 23.6. The number of hydrogen-bond donors (Lipinski definition) is 2. The quantitative estimate of drug-likeness (QED) is 0.784. The molecule has 0 saturated carbocycles. The van der Waals surface area contributed by atoms with Crippen LogP contribution < -0.4 is 5.32 Å². The number of carbonyl (C=O) groups excluding carboxylic acids is 1. The molecule has 0 heterocycles. The van der Waals surface area contributed by atoms with Gasteiger partial charge in [-0.25, -0.2) is 0 Å². The molecule has 0 fully saturated rings. The van der Waals surface area contributed by atoms with Crippen LogP contribution in [0.25, 0.3) is 0 Å². The van der Waals surface area contributed by atoms with Gasteiger partial charge in [-0.3, -0.25) is 9.59 Å². The Morgan fingerprint density at radius 3 is 1.92 bits per heavy atom. The molecule has 24 heavy (non-hydrogen) atoms. The van der Waals surface area contributed by atoms with Gasteiger partial charge in [0.05, 0.1) is 5.92 Å². The number of nitrogens with one attached hydrogen (secondary N) is 1. The monoisotopic (exact) mass is 325 g/mol. The van der Waals surface area contributed by atoms with Crippen molar-refractivity contribution in [3.05, 3.63) is 71.8 Å². The SMILES string of the molecule is CC(Cc1ccccc1)NC(=O)CC(Cc1ccccc1)C(=O)O. The Kier molecular flexibility index (Phi) is 6.55. The molecule has 0 radical (unpaired) electrons. The summed E-state index contributed by atoms with van der Waals surface area (Å²) in [6.07, 6.45) is 1.07. The fraction of sp³-hybridized carbons (Fsp3) is 0.300. The molecular formula is C20H23NO3. The summed E-state index contributed by atoms with van der Waals surface area (Å²) in [7, 11) is 0. The van der Waals surface area contributed by atoms with Gasteiger partial charge in [0.25, 0.3) is 0 Å². The fourth-order valence-electron chi connectivity index (χ4n) is 2.72. The molecule has 2 aromatic rings. The van der Waals surface area contributed by atoms with E-state index in [-0.39, 0.29) is 18.4 Å². The molecule has 1 amide bonds. The average molecular weight is 325 g/mol. The van der Waals surface area contributed by atoms with Crippen molar-refractivity contribution in [3.8, 4) is 0 Å². The van der Waals surface area contributed by atoms with Crippen molar-refractivity contribution in [1.29, 1.82) is 0 Å². The topological polar surface area (TPSA) is 66.4 Å². The van der Waals surface area contributed by atoms with Gasteiger partial charge in [0.15, 0.2) is 0 Å². The van der Waals surface area contributed by atoms with Gasteiger partial charge >= 0.3 is 5.97 Å². The van der Waals surface area contributed by atoms with Crippen LogP contribution in [0.2, 0.25) is 0 Å². The zero-order valence-electron chi connectivity index (χ0n) is 13.8. The van der Waals surface area contributed by atoms with Gasteiger partial charge in [-0.2, -0.15) is 0 Å². The van der Waals surface area contributed by atoms with Crippen molar-refractivity contribution in [1.82, 2.24) is 5.32 Å². The van der Waals surface area contributed by atoms with E-state index in [9.17, 15) is 14.7 Å². The number of carboxylic acid groups (broad SMARTS) is 1. The number of hydrogen-bond acceptors (Lipinski definition) is 2. The summed E-state index contributed by atoms with van der Waals surface area (Å²) in [5, 5.41) is 12.3. The highest BCUT2D eigenvalue weighted by molar-refractivity contribution is 5.82. The van der Waals surface area contributed by atoms with E-state index in [0.717, 1.165) is 17.5 Å². The Morgan fingerprint density at radius 2 is 1.42 bits per heavy atom. The Labute approximate surface area is 142 Å². The molecule has 0 saturated heterocycles. The predicted octanol–water partition coefficient (Wildman–Crippen LogP) is 3.07. The van der Waals surface area contributed by atoms with Gasteiger partial charge in [-0.15, -0.1) is 0 Å². The van der Waals surface area contributed by atoms with Gasteiger partial charge in [0.1, 0.15) is 0 Å². The van der Waals surface area contributed by atoms with Gasteiger partial charge in [-0.1, -0.05) is 60.7 Å². The smallest absolute Gasteiger partial charge is 0.307 e. The highest BCUT2D eigenvalue weighted by atomic mass is 16.4. The Hall–Kier alpha value is -2.62. The molecule has 0 spiro atoms. The normalized spacial score (nSPS) is 13.0. The van der Waals surface area contributed by atoms with E-state index in [1.807, 2.05) is 67.6 Å². The number of carboxylic acids is 1. The van der Waals surface area contributed by atoms with Crippen molar-refractivity contribution >= 4 is 11.9 Å².